The molecule has 4 rings (SSSR count). The Morgan fingerprint density at radius 1 is 1.25 bits per heavy atom. The van der Waals surface area contributed by atoms with E-state index in [1.165, 1.54) is 33.5 Å². The molecule has 1 aliphatic rings. The number of nitrogens with one attached hydrogen (secondary N) is 1. The number of nitrogens with zero attached hydrogens (tertiary/aromatic N) is 4. The lowest BCUT2D eigenvalue weighted by atomic mass is 9.87. The average Bonchev–Trinajstić information content (AvgIpc) is 3.45. The third-order valence-electron chi connectivity index (χ3n) is 5.66. The number of thioether (sulfide) groups is 1. The molecule has 1 amide bonds. The Balaban J connectivity index is 1.45. The summed E-state index contributed by atoms with van der Waals surface area (Å²) in [5.74, 6) is 0.889. The molecule has 2 aromatic heterocycles. The van der Waals surface area contributed by atoms with E-state index in [1.807, 2.05) is 11.5 Å². The van der Waals surface area contributed by atoms with Gasteiger partial charge in [0.05, 0.1) is 11.3 Å². The molecular weight excluding hydrogens is 438 g/mol. The number of aromatic nitrogens is 3. The van der Waals surface area contributed by atoms with Crippen molar-refractivity contribution in [3.63, 3.8) is 0 Å². The fraction of sp³-hybridized carbons (Fsp3) is 0.417. The summed E-state index contributed by atoms with van der Waals surface area (Å²) >= 11 is 2.90. The van der Waals surface area contributed by atoms with Crippen LogP contribution in [0.5, 0.6) is 0 Å². The van der Waals surface area contributed by atoms with E-state index in [9.17, 15) is 10.1 Å². The van der Waals surface area contributed by atoms with Crippen LogP contribution in [-0.2, 0) is 29.6 Å². The van der Waals surface area contributed by atoms with E-state index >= 15 is 0 Å². The van der Waals surface area contributed by atoms with Gasteiger partial charge in [-0.1, -0.05) is 56.8 Å². The topological polar surface area (TPSA) is 83.6 Å². The first-order valence-electron chi connectivity index (χ1n) is 10.8. The first-order valence-corrected chi connectivity index (χ1v) is 12.6. The summed E-state index contributed by atoms with van der Waals surface area (Å²) in [6.45, 7) is 9.34. The van der Waals surface area contributed by atoms with Crippen LogP contribution >= 0.6 is 23.1 Å². The van der Waals surface area contributed by atoms with Gasteiger partial charge in [-0.15, -0.1) is 21.5 Å². The lowest BCUT2D eigenvalue weighted by molar-refractivity contribution is -0.113. The first kappa shape index (κ1) is 22.6. The molecule has 0 atom stereocenters. The zero-order valence-corrected chi connectivity index (χ0v) is 20.5. The number of amides is 1. The highest BCUT2D eigenvalue weighted by Gasteiger charge is 2.23. The molecule has 2 heterocycles. The maximum absolute atomic E-state index is 12.6. The van der Waals surface area contributed by atoms with Crippen molar-refractivity contribution in [2.75, 3.05) is 11.1 Å². The summed E-state index contributed by atoms with van der Waals surface area (Å²) in [7, 11) is 0. The maximum atomic E-state index is 12.6. The minimum atomic E-state index is -0.131. The van der Waals surface area contributed by atoms with E-state index in [2.05, 4.69) is 66.6 Å². The smallest absolute Gasteiger partial charge is 0.235 e. The molecule has 1 N–H and O–H groups in total. The Morgan fingerprint density at radius 2 is 2.00 bits per heavy atom. The Hall–Kier alpha value is -2.63. The first-order chi connectivity index (χ1) is 15.3. The Morgan fingerprint density at radius 3 is 2.66 bits per heavy atom. The number of nitriles is 1. The highest BCUT2D eigenvalue weighted by Crippen LogP contribution is 2.38. The van der Waals surface area contributed by atoms with Crippen LogP contribution in [0.1, 0.15) is 55.7 Å². The van der Waals surface area contributed by atoms with Gasteiger partial charge in [0.1, 0.15) is 11.1 Å². The molecule has 0 spiro atoms. The highest BCUT2D eigenvalue weighted by atomic mass is 32.2. The van der Waals surface area contributed by atoms with Gasteiger partial charge in [-0.3, -0.25) is 4.79 Å². The summed E-state index contributed by atoms with van der Waals surface area (Å²) in [5.41, 5.74) is 4.13. The fourth-order valence-corrected chi connectivity index (χ4v) is 5.98. The molecule has 3 aromatic rings. The zero-order valence-electron chi connectivity index (χ0n) is 18.9. The van der Waals surface area contributed by atoms with E-state index in [-0.39, 0.29) is 17.1 Å². The van der Waals surface area contributed by atoms with Gasteiger partial charge in [0, 0.05) is 17.0 Å². The summed E-state index contributed by atoms with van der Waals surface area (Å²) in [6, 6.07) is 10.7. The number of carbonyl (C=O) groups excluding carboxylic acids is 1. The lowest BCUT2D eigenvalue weighted by Crippen LogP contribution is -2.14. The fourth-order valence-electron chi connectivity index (χ4n) is 3.92. The molecule has 0 fully saturated rings. The van der Waals surface area contributed by atoms with E-state index in [0.717, 1.165) is 36.2 Å². The molecule has 0 aliphatic heterocycles. The molecule has 0 saturated heterocycles. The molecule has 6 nitrogen and oxygen atoms in total. The number of rotatable bonds is 6. The molecule has 8 heteroatoms. The van der Waals surface area contributed by atoms with Crippen molar-refractivity contribution < 1.29 is 4.79 Å². The molecule has 1 aliphatic carbocycles. The number of carbonyl (C=O) groups is 1. The summed E-state index contributed by atoms with van der Waals surface area (Å²) < 4.78 is 2.03. The molecular formula is C24H27N5OS2. The minimum Gasteiger partial charge on any atom is -0.316 e. The molecule has 0 saturated carbocycles. The monoisotopic (exact) mass is 465 g/mol. The molecule has 1 aromatic carbocycles. The Kier molecular flexibility index (Phi) is 6.40. The predicted octanol–water partition coefficient (Wildman–Crippen LogP) is 5.42. The largest absolute Gasteiger partial charge is 0.316 e. The van der Waals surface area contributed by atoms with Gasteiger partial charge in [0.2, 0.25) is 5.91 Å². The zero-order chi connectivity index (χ0) is 22.9. The van der Waals surface area contributed by atoms with Crippen LogP contribution in [0.4, 0.5) is 5.00 Å². The second kappa shape index (κ2) is 9.08. The average molecular weight is 466 g/mol. The van der Waals surface area contributed by atoms with Crippen LogP contribution in [0.15, 0.2) is 29.4 Å². The Labute approximate surface area is 197 Å². The van der Waals surface area contributed by atoms with Crippen molar-refractivity contribution in [1.29, 1.82) is 5.26 Å². The quantitative estimate of drug-likeness (QED) is 0.492. The van der Waals surface area contributed by atoms with Gasteiger partial charge in [-0.25, -0.2) is 0 Å². The van der Waals surface area contributed by atoms with Gasteiger partial charge >= 0.3 is 0 Å². The van der Waals surface area contributed by atoms with Gasteiger partial charge in [-0.05, 0) is 42.7 Å². The van der Waals surface area contributed by atoms with Crippen LogP contribution in [0, 0.1) is 11.3 Å². The van der Waals surface area contributed by atoms with Crippen molar-refractivity contribution in [2.24, 2.45) is 0 Å². The van der Waals surface area contributed by atoms with Crippen LogP contribution in [-0.4, -0.2) is 26.4 Å². The number of anilines is 1. The second-order valence-electron chi connectivity index (χ2n) is 8.89. The maximum Gasteiger partial charge on any atom is 0.235 e. The summed E-state index contributed by atoms with van der Waals surface area (Å²) in [5, 5.41) is 22.6. The van der Waals surface area contributed by atoms with Crippen molar-refractivity contribution in [1.82, 2.24) is 14.8 Å². The Bertz CT molecular complexity index is 1180. The molecule has 0 radical (unpaired) electrons. The molecule has 166 valence electrons. The highest BCUT2D eigenvalue weighted by molar-refractivity contribution is 7.99. The number of thiophene rings is 1. The molecule has 32 heavy (non-hydrogen) atoms. The van der Waals surface area contributed by atoms with Gasteiger partial charge in [0.25, 0.3) is 0 Å². The van der Waals surface area contributed by atoms with Crippen LogP contribution in [0.2, 0.25) is 0 Å². The molecule has 0 unspecified atom stereocenters. The third kappa shape index (κ3) is 4.45. The minimum absolute atomic E-state index is 0.0967. The van der Waals surface area contributed by atoms with Crippen LogP contribution in [0.3, 0.4) is 0 Å². The van der Waals surface area contributed by atoms with Crippen molar-refractivity contribution in [3.8, 4) is 17.5 Å². The number of benzene rings is 1. The summed E-state index contributed by atoms with van der Waals surface area (Å²) in [6.07, 6.45) is 3.02. The van der Waals surface area contributed by atoms with Crippen molar-refractivity contribution >= 4 is 34.0 Å². The number of fused-ring (bicyclic) bond motifs is 1. The van der Waals surface area contributed by atoms with Gasteiger partial charge < -0.3 is 9.88 Å². The number of aryl methyl sites for hydroxylation is 1. The van der Waals surface area contributed by atoms with Crippen LogP contribution in [0.25, 0.3) is 11.4 Å². The van der Waals surface area contributed by atoms with Gasteiger partial charge in [-0.2, -0.15) is 5.26 Å². The number of hydrogen-bond donors (Lipinski definition) is 1. The third-order valence-corrected chi connectivity index (χ3v) is 7.83. The number of hydrogen-bond acceptors (Lipinski definition) is 6. The van der Waals surface area contributed by atoms with Crippen LogP contribution < -0.4 is 5.32 Å². The van der Waals surface area contributed by atoms with E-state index < -0.39 is 0 Å². The predicted molar refractivity (Wildman–Crippen MR) is 130 cm³/mol. The lowest BCUT2D eigenvalue weighted by Gasteiger charge is -2.19. The summed E-state index contributed by atoms with van der Waals surface area (Å²) in [4.78, 5) is 13.8. The van der Waals surface area contributed by atoms with E-state index in [1.54, 1.807) is 0 Å². The standard InChI is InChI=1S/C24H27N5OS2/c1-5-29-21(15-9-11-16(12-10-15)24(2,3)4)27-28-23(29)31-14-20(30)26-22-18(13-25)17-7-6-8-19(17)32-22/h9-12H,5-8,14H2,1-4H3,(H,26,30). The van der Waals surface area contributed by atoms with Gasteiger partial charge in [0.15, 0.2) is 11.0 Å². The normalized spacial score (nSPS) is 13.1. The van der Waals surface area contributed by atoms with E-state index in [4.69, 9.17) is 0 Å². The second-order valence-corrected chi connectivity index (χ2v) is 10.9. The van der Waals surface area contributed by atoms with Crippen molar-refractivity contribution in [3.05, 3.63) is 45.8 Å². The van der Waals surface area contributed by atoms with E-state index in [0.29, 0.717) is 22.3 Å². The van der Waals surface area contributed by atoms with Crippen molar-refractivity contribution in [2.45, 2.75) is 64.1 Å². The SMILES string of the molecule is CCn1c(SCC(=O)Nc2sc3c(c2C#N)CCC3)nnc1-c1ccc(C(C)(C)C)cc1. The molecule has 0 bridgehead atoms.